The van der Waals surface area contributed by atoms with Gasteiger partial charge in [-0.05, 0) is 77.0 Å². The van der Waals surface area contributed by atoms with E-state index in [1.54, 1.807) is 0 Å². The molecule has 3 atom stereocenters. The summed E-state index contributed by atoms with van der Waals surface area (Å²) in [4.78, 5) is 25.9. The number of hydrogen-bond acceptors (Lipinski definition) is 5. The molecule has 0 aromatic heterocycles. The van der Waals surface area contributed by atoms with Crippen LogP contribution in [0.3, 0.4) is 0 Å². The highest BCUT2D eigenvalue weighted by molar-refractivity contribution is 5.77. The largest absolute Gasteiger partial charge is 0.462 e. The minimum atomic E-state index is -0.813. The van der Waals surface area contributed by atoms with E-state index in [9.17, 15) is 19.8 Å². The molecule has 0 fully saturated rings. The number of ether oxygens (including phenoxy) is 1. The molecule has 0 saturated carbocycles. The lowest BCUT2D eigenvalue weighted by Gasteiger charge is -2.24. The van der Waals surface area contributed by atoms with Crippen LogP contribution in [0.25, 0.3) is 0 Å². The van der Waals surface area contributed by atoms with Gasteiger partial charge in [-0.15, -0.1) is 0 Å². The summed E-state index contributed by atoms with van der Waals surface area (Å²) in [7, 11) is 0. The highest BCUT2D eigenvalue weighted by Gasteiger charge is 2.24. The second-order valence-electron chi connectivity index (χ2n) is 14.8. The van der Waals surface area contributed by atoms with Gasteiger partial charge in [0.05, 0.1) is 25.2 Å². The molecule has 0 aromatic carbocycles. The summed E-state index contributed by atoms with van der Waals surface area (Å²) in [6.07, 6.45) is 56.1. The number of carbonyl (C=O) groups is 2. The predicted octanol–water partition coefficient (Wildman–Crippen LogP) is 13.0. The highest BCUT2D eigenvalue weighted by atomic mass is 16.5. The monoisotopic (exact) mass is 778 g/mol. The van der Waals surface area contributed by atoms with Gasteiger partial charge in [0.2, 0.25) is 5.91 Å². The van der Waals surface area contributed by atoms with E-state index in [1.165, 1.54) is 64.2 Å². The van der Waals surface area contributed by atoms with Gasteiger partial charge in [-0.2, -0.15) is 0 Å². The third kappa shape index (κ3) is 37.7. The third-order valence-electron chi connectivity index (χ3n) is 9.53. The van der Waals surface area contributed by atoms with Crippen molar-refractivity contribution in [1.82, 2.24) is 5.32 Å². The molecule has 6 heteroatoms. The normalized spacial score (nSPS) is 14.3. The fourth-order valence-electron chi connectivity index (χ4n) is 6.11. The van der Waals surface area contributed by atoms with Gasteiger partial charge in [0.1, 0.15) is 6.10 Å². The van der Waals surface area contributed by atoms with Crippen molar-refractivity contribution in [3.8, 4) is 0 Å². The Morgan fingerprint density at radius 2 is 1.04 bits per heavy atom. The Hall–Kier alpha value is -3.22. The SMILES string of the molecule is CC/C=C/C=C/C=C\C=C/C=C/CCCC(=O)OC(CCCC/C=C\C/C=C\C/C=C\CCCCC)CC(=O)NC(CO)C(O)CCCCCCCCCCC. The van der Waals surface area contributed by atoms with Crippen molar-refractivity contribution in [1.29, 1.82) is 0 Å². The minimum absolute atomic E-state index is 0.0168. The molecule has 0 aliphatic heterocycles. The van der Waals surface area contributed by atoms with Gasteiger partial charge in [0.25, 0.3) is 0 Å². The number of allylic oxidation sites excluding steroid dienone is 16. The molecule has 56 heavy (non-hydrogen) atoms. The van der Waals surface area contributed by atoms with Gasteiger partial charge in [-0.1, -0.05) is 189 Å². The topological polar surface area (TPSA) is 95.9 Å². The van der Waals surface area contributed by atoms with Gasteiger partial charge in [0.15, 0.2) is 0 Å². The molecule has 1 amide bonds. The van der Waals surface area contributed by atoms with E-state index in [1.807, 2.05) is 54.7 Å². The Morgan fingerprint density at radius 3 is 1.62 bits per heavy atom. The molecule has 0 aromatic rings. The summed E-state index contributed by atoms with van der Waals surface area (Å²) in [5, 5.41) is 23.5. The standard InChI is InChI=1S/C50H83NO5/c1-4-7-10-13-16-19-21-23-24-26-27-30-32-35-38-41-46(56-50(55)43-40-37-34-31-28-25-22-20-17-14-11-8-5-2)44-49(54)51-47(45-52)48(53)42-39-36-33-29-18-15-12-9-6-3/h8,11,14,16-17,19-20,22-25,27-28,30-31,34,46-48,52-53H,4-7,9-10,12-13,15,18,21,26,29,32-33,35-45H2,1-3H3,(H,51,54)/b11-8+,17-14+,19-16-,22-20-,24-23-,28-25-,30-27-,34-31+. The van der Waals surface area contributed by atoms with Crippen LogP contribution in [0, 0.1) is 0 Å². The third-order valence-corrected chi connectivity index (χ3v) is 9.53. The van der Waals surface area contributed by atoms with Crippen LogP contribution in [-0.4, -0.2) is 46.9 Å². The maximum Gasteiger partial charge on any atom is 0.306 e. The Labute approximate surface area is 344 Å². The Bertz CT molecular complexity index is 1140. The lowest BCUT2D eigenvalue weighted by atomic mass is 10.0. The van der Waals surface area contributed by atoms with E-state index in [-0.39, 0.29) is 31.3 Å². The van der Waals surface area contributed by atoms with Crippen LogP contribution in [0.2, 0.25) is 0 Å². The maximum absolute atomic E-state index is 13.1. The van der Waals surface area contributed by atoms with Crippen molar-refractivity contribution in [3.63, 3.8) is 0 Å². The number of hydrogen-bond donors (Lipinski definition) is 3. The smallest absolute Gasteiger partial charge is 0.306 e. The summed E-state index contributed by atoms with van der Waals surface area (Å²) in [5.41, 5.74) is 0. The van der Waals surface area contributed by atoms with Crippen molar-refractivity contribution >= 4 is 11.9 Å². The first-order valence-corrected chi connectivity index (χ1v) is 22.5. The molecule has 0 rings (SSSR count). The number of amides is 1. The van der Waals surface area contributed by atoms with Crippen LogP contribution in [-0.2, 0) is 14.3 Å². The lowest BCUT2D eigenvalue weighted by Crippen LogP contribution is -2.46. The summed E-state index contributed by atoms with van der Waals surface area (Å²) >= 11 is 0. The zero-order valence-electron chi connectivity index (χ0n) is 36.0. The molecular weight excluding hydrogens is 695 g/mol. The molecule has 318 valence electrons. The molecule has 0 radical (unpaired) electrons. The van der Waals surface area contributed by atoms with Crippen LogP contribution in [0.4, 0.5) is 0 Å². The second kappa shape index (κ2) is 42.9. The quantitative estimate of drug-likeness (QED) is 0.0251. The van der Waals surface area contributed by atoms with Crippen molar-refractivity contribution < 1.29 is 24.5 Å². The molecule has 0 saturated heterocycles. The molecule has 0 bridgehead atoms. The summed E-state index contributed by atoms with van der Waals surface area (Å²) in [5.74, 6) is -0.614. The van der Waals surface area contributed by atoms with E-state index < -0.39 is 18.2 Å². The van der Waals surface area contributed by atoms with Crippen LogP contribution < -0.4 is 5.32 Å². The fraction of sp³-hybridized carbons (Fsp3) is 0.640. The van der Waals surface area contributed by atoms with Crippen LogP contribution in [0.5, 0.6) is 0 Å². The first-order valence-electron chi connectivity index (χ1n) is 22.5. The maximum atomic E-state index is 13.1. The van der Waals surface area contributed by atoms with E-state index >= 15 is 0 Å². The van der Waals surface area contributed by atoms with Crippen LogP contribution in [0.15, 0.2) is 97.2 Å². The van der Waals surface area contributed by atoms with E-state index in [0.29, 0.717) is 19.3 Å². The van der Waals surface area contributed by atoms with Gasteiger partial charge >= 0.3 is 5.97 Å². The average Bonchev–Trinajstić information content (AvgIpc) is 3.19. The number of aliphatic hydroxyl groups excluding tert-OH is 2. The van der Waals surface area contributed by atoms with Crippen molar-refractivity contribution in [2.45, 2.75) is 200 Å². The van der Waals surface area contributed by atoms with Gasteiger partial charge < -0.3 is 20.3 Å². The second-order valence-corrected chi connectivity index (χ2v) is 14.8. The molecule has 0 heterocycles. The number of nitrogens with one attached hydrogen (secondary N) is 1. The zero-order valence-corrected chi connectivity index (χ0v) is 36.0. The molecule has 6 nitrogen and oxygen atoms in total. The summed E-state index contributed by atoms with van der Waals surface area (Å²) in [6.45, 7) is 6.23. The Balaban J connectivity index is 4.85. The van der Waals surface area contributed by atoms with E-state index in [2.05, 4.69) is 68.6 Å². The number of carbonyl (C=O) groups excluding carboxylic acids is 2. The van der Waals surface area contributed by atoms with E-state index in [0.717, 1.165) is 64.2 Å². The van der Waals surface area contributed by atoms with E-state index in [4.69, 9.17) is 4.74 Å². The van der Waals surface area contributed by atoms with Crippen LogP contribution in [0.1, 0.15) is 181 Å². The number of esters is 1. The highest BCUT2D eigenvalue weighted by Crippen LogP contribution is 2.16. The van der Waals surface area contributed by atoms with Crippen molar-refractivity contribution in [3.05, 3.63) is 97.2 Å². The Morgan fingerprint density at radius 1 is 0.554 bits per heavy atom. The zero-order chi connectivity index (χ0) is 41.0. The van der Waals surface area contributed by atoms with Gasteiger partial charge in [0, 0.05) is 6.42 Å². The van der Waals surface area contributed by atoms with Gasteiger partial charge in [-0.25, -0.2) is 0 Å². The molecule has 0 spiro atoms. The summed E-state index contributed by atoms with van der Waals surface area (Å²) in [6, 6.07) is -0.732. The minimum Gasteiger partial charge on any atom is -0.462 e. The predicted molar refractivity (Wildman–Crippen MR) is 240 cm³/mol. The molecule has 0 aliphatic rings. The lowest BCUT2D eigenvalue weighted by molar-refractivity contribution is -0.151. The van der Waals surface area contributed by atoms with Crippen molar-refractivity contribution in [2.75, 3.05) is 6.61 Å². The molecule has 0 aliphatic carbocycles. The molecular formula is C50H83NO5. The first kappa shape index (κ1) is 52.8. The molecule has 3 unspecified atom stereocenters. The average molecular weight is 778 g/mol. The van der Waals surface area contributed by atoms with Crippen LogP contribution >= 0.6 is 0 Å². The van der Waals surface area contributed by atoms with Crippen molar-refractivity contribution in [2.24, 2.45) is 0 Å². The fourth-order valence-corrected chi connectivity index (χ4v) is 6.11. The van der Waals surface area contributed by atoms with Gasteiger partial charge in [-0.3, -0.25) is 9.59 Å². The summed E-state index contributed by atoms with van der Waals surface area (Å²) < 4.78 is 5.84. The Kier molecular flexibility index (Phi) is 40.4. The number of aliphatic hydroxyl groups is 2. The number of unbranched alkanes of at least 4 members (excludes halogenated alkanes) is 14. The molecule has 3 N–H and O–H groups in total. The number of rotatable bonds is 38. The first-order chi connectivity index (χ1) is 27.5.